The number of para-hydroxylation sites is 1. The van der Waals surface area contributed by atoms with E-state index in [-0.39, 0.29) is 37.3 Å². The summed E-state index contributed by atoms with van der Waals surface area (Å²) < 4.78 is 6.08. The molecule has 3 N–H and O–H groups in total. The number of carboxylic acid groups (broad SMARTS) is 1. The number of amides is 4. The third-order valence-corrected chi connectivity index (χ3v) is 11.5. The molecule has 2 aliphatic carbocycles. The van der Waals surface area contributed by atoms with Crippen LogP contribution in [0.15, 0.2) is 109 Å². The molecule has 12 heteroatoms. The Morgan fingerprint density at radius 3 is 2.28 bits per heavy atom. The molecule has 53 heavy (non-hydrogen) atoms. The third kappa shape index (κ3) is 5.09. The van der Waals surface area contributed by atoms with E-state index in [0.717, 1.165) is 17.0 Å². The Morgan fingerprint density at radius 1 is 0.830 bits per heavy atom. The van der Waals surface area contributed by atoms with Gasteiger partial charge in [0.05, 0.1) is 41.2 Å². The largest absolute Gasteiger partial charge is 0.507 e. The van der Waals surface area contributed by atoms with Crippen molar-refractivity contribution in [3.05, 3.63) is 130 Å². The van der Waals surface area contributed by atoms with E-state index in [2.05, 4.69) is 0 Å². The SMILES string of the molecule is O=C(O)c1ccc(N2C(=O)[C@H]3[C@H](CC=C4[C@H]3C[C@H]3C(=O)N(c5cccc(Cl)c5)C(=O)[C@@]3(c3ccccc3)[C@H]4c3ccccc3OCCO)C2=O)cc1O. The number of aliphatic hydroxyl groups excluding tert-OH is 1. The molecular formula is C41H33ClN2O9. The first kappa shape index (κ1) is 34.3. The van der Waals surface area contributed by atoms with Gasteiger partial charge in [-0.3, -0.25) is 19.2 Å². The highest BCUT2D eigenvalue weighted by atomic mass is 35.5. The minimum absolute atomic E-state index is 0.0321. The lowest BCUT2D eigenvalue weighted by Gasteiger charge is -2.51. The number of ether oxygens (including phenoxy) is 1. The first-order valence-corrected chi connectivity index (χ1v) is 17.6. The summed E-state index contributed by atoms with van der Waals surface area (Å²) in [6.45, 7) is -0.300. The van der Waals surface area contributed by atoms with Crippen LogP contribution in [0.1, 0.15) is 40.2 Å². The molecule has 2 aliphatic heterocycles. The highest BCUT2D eigenvalue weighted by molar-refractivity contribution is 6.32. The molecule has 0 unspecified atom stereocenters. The van der Waals surface area contributed by atoms with Crippen molar-refractivity contribution >= 4 is 52.6 Å². The molecule has 11 nitrogen and oxygen atoms in total. The van der Waals surface area contributed by atoms with Crippen molar-refractivity contribution in [3.63, 3.8) is 0 Å². The maximum absolute atomic E-state index is 15.4. The molecule has 4 aliphatic rings. The number of nitrogens with zero attached hydrogens (tertiary/aromatic N) is 2. The van der Waals surface area contributed by atoms with Crippen LogP contribution in [0, 0.1) is 23.7 Å². The van der Waals surface area contributed by atoms with Gasteiger partial charge in [0.2, 0.25) is 23.6 Å². The molecule has 0 aromatic heterocycles. The number of benzene rings is 4. The number of imide groups is 2. The number of hydrogen-bond donors (Lipinski definition) is 3. The summed E-state index contributed by atoms with van der Waals surface area (Å²) in [5, 5.41) is 30.0. The zero-order valence-corrected chi connectivity index (χ0v) is 28.8. The zero-order chi connectivity index (χ0) is 37.2. The van der Waals surface area contributed by atoms with Gasteiger partial charge < -0.3 is 20.1 Å². The third-order valence-electron chi connectivity index (χ3n) is 11.2. The van der Waals surface area contributed by atoms with Crippen molar-refractivity contribution in [2.24, 2.45) is 23.7 Å². The van der Waals surface area contributed by atoms with Crippen molar-refractivity contribution in [1.29, 1.82) is 0 Å². The summed E-state index contributed by atoms with van der Waals surface area (Å²) in [6, 6.07) is 26.3. The molecule has 0 bridgehead atoms. The Morgan fingerprint density at radius 2 is 1.57 bits per heavy atom. The lowest BCUT2D eigenvalue weighted by atomic mass is 9.49. The summed E-state index contributed by atoms with van der Waals surface area (Å²) in [5.41, 5.74) is 0.343. The predicted molar refractivity (Wildman–Crippen MR) is 193 cm³/mol. The summed E-state index contributed by atoms with van der Waals surface area (Å²) in [7, 11) is 0. The second kappa shape index (κ2) is 13.0. The Labute approximate surface area is 308 Å². The number of hydrogen-bond acceptors (Lipinski definition) is 8. The van der Waals surface area contributed by atoms with Gasteiger partial charge in [-0.1, -0.05) is 77.8 Å². The summed E-state index contributed by atoms with van der Waals surface area (Å²) >= 11 is 6.39. The summed E-state index contributed by atoms with van der Waals surface area (Å²) in [5.74, 6) is -7.78. The highest BCUT2D eigenvalue weighted by Gasteiger charge is 2.70. The Bertz CT molecular complexity index is 2240. The molecule has 2 saturated heterocycles. The van der Waals surface area contributed by atoms with Crippen LogP contribution < -0.4 is 14.5 Å². The lowest BCUT2D eigenvalue weighted by molar-refractivity contribution is -0.127. The van der Waals surface area contributed by atoms with Crippen molar-refractivity contribution < 1.29 is 44.0 Å². The predicted octanol–water partition coefficient (Wildman–Crippen LogP) is 5.48. The molecule has 0 radical (unpaired) electrons. The number of fused-ring (bicyclic) bond motifs is 4. The first-order valence-electron chi connectivity index (χ1n) is 17.3. The van der Waals surface area contributed by atoms with Gasteiger partial charge in [0, 0.05) is 22.6 Å². The number of allylic oxidation sites excluding steroid dienone is 2. The van der Waals surface area contributed by atoms with Gasteiger partial charge >= 0.3 is 5.97 Å². The average molecular weight is 733 g/mol. The van der Waals surface area contributed by atoms with E-state index in [9.17, 15) is 34.5 Å². The molecular weight excluding hydrogens is 700 g/mol. The Kier molecular flexibility index (Phi) is 8.43. The fourth-order valence-corrected chi connectivity index (χ4v) is 9.37. The molecule has 4 aromatic carbocycles. The van der Waals surface area contributed by atoms with Gasteiger partial charge in [0.25, 0.3) is 0 Å². The minimum atomic E-state index is -1.52. The number of rotatable bonds is 8. The molecule has 4 aromatic rings. The molecule has 268 valence electrons. The number of carbonyl (C=O) groups excluding carboxylic acids is 4. The highest BCUT2D eigenvalue weighted by Crippen LogP contribution is 2.65. The van der Waals surface area contributed by atoms with Gasteiger partial charge in [0.15, 0.2) is 0 Å². The number of aromatic carboxylic acids is 1. The van der Waals surface area contributed by atoms with Crippen LogP contribution >= 0.6 is 11.6 Å². The van der Waals surface area contributed by atoms with Crippen LogP contribution in [-0.4, -0.2) is 58.1 Å². The van der Waals surface area contributed by atoms with E-state index in [1.165, 1.54) is 11.0 Å². The monoisotopic (exact) mass is 732 g/mol. The molecule has 2 heterocycles. The fourth-order valence-electron chi connectivity index (χ4n) is 9.19. The summed E-state index contributed by atoms with van der Waals surface area (Å²) in [6.07, 6.45) is 2.14. The van der Waals surface area contributed by atoms with E-state index >= 15 is 4.79 Å². The molecule has 1 saturated carbocycles. The maximum atomic E-state index is 15.4. The van der Waals surface area contributed by atoms with Crippen molar-refractivity contribution in [3.8, 4) is 11.5 Å². The van der Waals surface area contributed by atoms with Gasteiger partial charge in [-0.05, 0) is 60.7 Å². The van der Waals surface area contributed by atoms with Crippen LogP contribution in [0.2, 0.25) is 5.02 Å². The van der Waals surface area contributed by atoms with Crippen LogP contribution in [0.4, 0.5) is 11.4 Å². The first-order chi connectivity index (χ1) is 25.6. The van der Waals surface area contributed by atoms with Gasteiger partial charge in [0.1, 0.15) is 23.7 Å². The van der Waals surface area contributed by atoms with Crippen molar-refractivity contribution in [1.82, 2.24) is 0 Å². The van der Waals surface area contributed by atoms with Crippen LogP contribution in [0.3, 0.4) is 0 Å². The van der Waals surface area contributed by atoms with E-state index in [1.54, 1.807) is 42.5 Å². The van der Waals surface area contributed by atoms with E-state index in [0.29, 0.717) is 33.2 Å². The molecule has 8 rings (SSSR count). The van der Waals surface area contributed by atoms with Gasteiger partial charge in [-0.2, -0.15) is 0 Å². The number of aromatic hydroxyl groups is 1. The second-order valence-electron chi connectivity index (χ2n) is 13.7. The molecule has 3 fully saturated rings. The van der Waals surface area contributed by atoms with Gasteiger partial charge in [-0.15, -0.1) is 0 Å². The maximum Gasteiger partial charge on any atom is 0.339 e. The normalized spacial score (nSPS) is 26.2. The fraction of sp³-hybridized carbons (Fsp3) is 0.244. The van der Waals surface area contributed by atoms with E-state index in [4.69, 9.17) is 16.3 Å². The van der Waals surface area contributed by atoms with Crippen molar-refractivity contribution in [2.75, 3.05) is 23.0 Å². The van der Waals surface area contributed by atoms with Gasteiger partial charge in [-0.25, -0.2) is 14.6 Å². The Balaban J connectivity index is 1.33. The molecule has 0 spiro atoms. The smallest absolute Gasteiger partial charge is 0.339 e. The number of aliphatic hydroxyl groups is 1. The number of carboxylic acids is 1. The number of halogens is 1. The average Bonchev–Trinajstić information content (AvgIpc) is 3.55. The molecule has 4 amide bonds. The van der Waals surface area contributed by atoms with Crippen LogP contribution in [0.25, 0.3) is 0 Å². The number of carbonyl (C=O) groups is 5. The van der Waals surface area contributed by atoms with Crippen molar-refractivity contribution in [2.45, 2.75) is 24.2 Å². The topological polar surface area (TPSA) is 162 Å². The zero-order valence-electron chi connectivity index (χ0n) is 28.1. The minimum Gasteiger partial charge on any atom is -0.507 e. The van der Waals surface area contributed by atoms with Crippen LogP contribution in [0.5, 0.6) is 11.5 Å². The summed E-state index contributed by atoms with van der Waals surface area (Å²) in [4.78, 5) is 72.7. The number of anilines is 2. The second-order valence-corrected chi connectivity index (χ2v) is 14.2. The lowest BCUT2D eigenvalue weighted by Crippen LogP contribution is -2.53. The van der Waals surface area contributed by atoms with E-state index in [1.807, 2.05) is 42.5 Å². The standard InChI is InChI=1S/C41H33ClN2O9/c42-23-9-6-10-24(19-23)44-37(48)31-21-30-26(15-16-29-34(30)38(49)43(36(29)47)25-13-14-27(39(50)51)32(46)20-25)35(28-11-4-5-12-33(28)53-18-17-45)41(31,40(44)52)22-7-2-1-3-8-22/h1-15,19-20,29-31,34-35,45-46H,16-18,21H2,(H,50,51)/t29-,30+,31-,34-,35+,41+/m0/s1. The Hall–Kier alpha value is -5.78. The van der Waals surface area contributed by atoms with E-state index < -0.39 is 70.4 Å². The molecule has 6 atom stereocenters. The van der Waals surface area contributed by atoms with Crippen LogP contribution in [-0.2, 0) is 24.6 Å². The number of phenols is 1. The quantitative estimate of drug-likeness (QED) is 0.157.